The van der Waals surface area contributed by atoms with Crippen LogP contribution in [0.15, 0.2) is 428 Å². The van der Waals surface area contributed by atoms with Gasteiger partial charge in [-0.25, -0.2) is 0 Å². The number of anilines is 14. The summed E-state index contributed by atoms with van der Waals surface area (Å²) >= 11 is 19.3. The van der Waals surface area contributed by atoms with Crippen LogP contribution in [0.2, 0.25) is 10.0 Å². The number of hydrogen-bond donors (Lipinski definition) is 1. The molecule has 0 bridgehead atoms. The molecule has 0 saturated carbocycles. The minimum atomic E-state index is -0.556. The van der Waals surface area contributed by atoms with Gasteiger partial charge in [0, 0.05) is 103 Å². The lowest BCUT2D eigenvalue weighted by Crippen LogP contribution is -2.41. The number of nitrogens with one attached hydrogen (secondary N) is 1. The monoisotopic (exact) mass is 1670 g/mol. The Kier molecular flexibility index (Phi) is 23.6. The smallest absolute Gasteiger partial charge is 0.399 e. The molecule has 0 radical (unpaired) electrons. The van der Waals surface area contributed by atoms with Crippen molar-refractivity contribution >= 4 is 201 Å². The number of halogens is 4. The van der Waals surface area contributed by atoms with Gasteiger partial charge >= 0.3 is 7.12 Å². The first-order valence-electron chi connectivity index (χ1n) is 38.7. The summed E-state index contributed by atoms with van der Waals surface area (Å²) in [6, 6.07) is 146. The Labute approximate surface area is 706 Å². The third kappa shape index (κ3) is 17.4. The Morgan fingerprint density at radius 3 is 0.845 bits per heavy atom. The Morgan fingerprint density at radius 1 is 0.259 bits per heavy atom. The molecule has 0 unspecified atom stereocenters. The lowest BCUT2D eigenvalue weighted by Gasteiger charge is -2.32. The van der Waals surface area contributed by atoms with Crippen molar-refractivity contribution in [3.05, 3.63) is 438 Å². The van der Waals surface area contributed by atoms with Crippen LogP contribution in [0.4, 0.5) is 79.6 Å². The average molecular weight is 1680 g/mol. The standard InChI is InChI=1S/C44H39BN2O2.C38H27ClN2.C16H13N.C6H3Br2Cl/c1-43(2)44(3,4)49-45(48-43)34-29-37(46(35-21-7-5-8-22-35)41-27-15-19-32-17-11-13-25-39(32)41)31-38(30-34)47(36-23-9-6-10-24-36)42-28-16-20-33-18-12-14-26-40(33)42;39-30-25-33(40(31-17-3-1-4-18-31)37-23-11-15-28-13-7-9-21-35(28)37)27-34(26-30)41(32-19-5-2-6-20-32)38-24-12-16-29-14-8-10-22-36(29)38;1-2-9-14(10-3-1)17-16-12-6-8-13-7-4-5-11-15(13)16;7-4-1-5(8)3-6(9)2-4/h5-31H,1-4H3;1-27H;1-12,17H;1-3H. The van der Waals surface area contributed by atoms with Gasteiger partial charge in [-0.15, -0.1) is 0 Å². The van der Waals surface area contributed by atoms with Crippen molar-refractivity contribution in [2.24, 2.45) is 0 Å². The lowest BCUT2D eigenvalue weighted by molar-refractivity contribution is 0.00578. The fourth-order valence-electron chi connectivity index (χ4n) is 15.0. The summed E-state index contributed by atoms with van der Waals surface area (Å²) in [5.41, 5.74) is 14.8. The van der Waals surface area contributed by atoms with Gasteiger partial charge in [0.05, 0.1) is 34.0 Å². The van der Waals surface area contributed by atoms with Gasteiger partial charge in [-0.2, -0.15) is 0 Å². The van der Waals surface area contributed by atoms with E-state index in [1.54, 1.807) is 0 Å². The van der Waals surface area contributed by atoms with E-state index in [2.05, 4.69) is 442 Å². The van der Waals surface area contributed by atoms with Crippen LogP contribution in [-0.2, 0) is 9.31 Å². The van der Waals surface area contributed by atoms with E-state index in [1.165, 1.54) is 53.9 Å². The maximum Gasteiger partial charge on any atom is 0.494 e. The summed E-state index contributed by atoms with van der Waals surface area (Å²) in [5.74, 6) is 0. The number of para-hydroxylation sites is 5. The highest BCUT2D eigenvalue weighted by Gasteiger charge is 2.52. The molecule has 19 rings (SSSR count). The molecule has 18 aromatic rings. The molecule has 1 N–H and O–H groups in total. The molecule has 1 heterocycles. The molecular weight excluding hydrogens is 1590 g/mol. The van der Waals surface area contributed by atoms with E-state index in [4.69, 9.17) is 32.5 Å². The minimum absolute atomic E-state index is 0.489. The van der Waals surface area contributed by atoms with Crippen molar-refractivity contribution in [1.29, 1.82) is 0 Å². The van der Waals surface area contributed by atoms with Gasteiger partial charge in [0.1, 0.15) is 0 Å². The van der Waals surface area contributed by atoms with Crippen molar-refractivity contribution in [2.45, 2.75) is 38.9 Å². The zero-order valence-electron chi connectivity index (χ0n) is 64.5. The van der Waals surface area contributed by atoms with Crippen molar-refractivity contribution in [1.82, 2.24) is 0 Å². The van der Waals surface area contributed by atoms with E-state index in [0.29, 0.717) is 5.02 Å². The van der Waals surface area contributed by atoms with E-state index >= 15 is 0 Å². The largest absolute Gasteiger partial charge is 0.494 e. The summed E-state index contributed by atoms with van der Waals surface area (Å²) in [5, 5.41) is 16.8. The Bertz CT molecular complexity index is 6070. The van der Waals surface area contributed by atoms with Gasteiger partial charge in [-0.1, -0.05) is 328 Å². The van der Waals surface area contributed by atoms with Crippen molar-refractivity contribution in [3.63, 3.8) is 0 Å². The Balaban J connectivity index is 0.000000134. The van der Waals surface area contributed by atoms with E-state index in [9.17, 15) is 0 Å². The van der Waals surface area contributed by atoms with Crippen LogP contribution in [0.3, 0.4) is 0 Å². The van der Waals surface area contributed by atoms with Crippen LogP contribution >= 0.6 is 55.1 Å². The highest BCUT2D eigenvalue weighted by atomic mass is 79.9. The molecule has 0 spiro atoms. The maximum absolute atomic E-state index is 6.97. The minimum Gasteiger partial charge on any atom is -0.399 e. The molecule has 1 saturated heterocycles. The summed E-state index contributed by atoms with van der Waals surface area (Å²) in [6.07, 6.45) is 0. The normalized spacial score (nSPS) is 12.5. The first-order chi connectivity index (χ1) is 56.7. The van der Waals surface area contributed by atoms with Crippen LogP contribution in [0, 0.1) is 0 Å². The third-order valence-corrected chi connectivity index (χ3v) is 22.5. The third-order valence-electron chi connectivity index (χ3n) is 21.1. The molecule has 1 aliphatic rings. The fourth-order valence-corrected chi connectivity index (χ4v) is 17.0. The molecule has 566 valence electrons. The first-order valence-corrected chi connectivity index (χ1v) is 41.1. The lowest BCUT2D eigenvalue weighted by atomic mass is 9.78. The molecular formula is C104H82BBr2Cl2N5O2. The predicted octanol–water partition coefficient (Wildman–Crippen LogP) is 31.3. The van der Waals surface area contributed by atoms with Gasteiger partial charge in [-0.3, -0.25) is 0 Å². The van der Waals surface area contributed by atoms with Crippen molar-refractivity contribution < 1.29 is 9.31 Å². The number of rotatable bonds is 15. The van der Waals surface area contributed by atoms with Gasteiger partial charge in [0.25, 0.3) is 0 Å². The molecule has 0 amide bonds. The van der Waals surface area contributed by atoms with Crippen LogP contribution in [-0.4, -0.2) is 18.3 Å². The van der Waals surface area contributed by atoms with Crippen LogP contribution in [0.5, 0.6) is 0 Å². The SMILES string of the molecule is CC1(C)OB(c2cc(N(c3ccccc3)c3cccc4ccccc34)cc(N(c3ccccc3)c3cccc4ccccc34)c2)OC1(C)C.Clc1cc(Br)cc(Br)c1.Clc1cc(N(c2ccccc2)c2cccc3ccccc23)cc(N(c2ccccc2)c2cccc3ccccc23)c1.c1ccc(Nc2cccc3ccccc23)cc1. The fraction of sp³-hybridized carbons (Fsp3) is 0.0577. The summed E-state index contributed by atoms with van der Waals surface area (Å²) in [7, 11) is -0.556. The molecule has 18 aromatic carbocycles. The summed E-state index contributed by atoms with van der Waals surface area (Å²) in [6.45, 7) is 8.43. The number of benzene rings is 18. The van der Waals surface area contributed by atoms with Gasteiger partial charge in [0.15, 0.2) is 0 Å². The highest BCUT2D eigenvalue weighted by molar-refractivity contribution is 9.11. The molecule has 0 aromatic heterocycles. The second kappa shape index (κ2) is 35.3. The van der Waals surface area contributed by atoms with Crippen LogP contribution < -0.4 is 30.4 Å². The average Bonchev–Trinajstić information content (AvgIpc) is 1.50. The second-order valence-corrected chi connectivity index (χ2v) is 32.0. The van der Waals surface area contributed by atoms with Crippen LogP contribution in [0.25, 0.3) is 53.9 Å². The van der Waals surface area contributed by atoms with Crippen molar-refractivity contribution in [3.8, 4) is 0 Å². The number of fused-ring (bicyclic) bond motifs is 5. The summed E-state index contributed by atoms with van der Waals surface area (Å²) < 4.78 is 15.4. The highest BCUT2D eigenvalue weighted by Crippen LogP contribution is 2.48. The van der Waals surface area contributed by atoms with E-state index in [1.807, 2.05) is 60.7 Å². The zero-order chi connectivity index (χ0) is 79.5. The van der Waals surface area contributed by atoms with E-state index in [-0.39, 0.29) is 0 Å². The van der Waals surface area contributed by atoms with Gasteiger partial charge in [-0.05, 0) is 206 Å². The molecule has 0 atom stereocenters. The topological polar surface area (TPSA) is 43.5 Å². The zero-order valence-corrected chi connectivity index (χ0v) is 69.2. The quantitative estimate of drug-likeness (QED) is 0.103. The van der Waals surface area contributed by atoms with E-state index < -0.39 is 18.3 Å². The van der Waals surface area contributed by atoms with Gasteiger partial charge in [0.2, 0.25) is 0 Å². The first kappa shape index (κ1) is 77.7. The van der Waals surface area contributed by atoms with Crippen molar-refractivity contribution in [2.75, 3.05) is 24.9 Å². The van der Waals surface area contributed by atoms with Crippen LogP contribution in [0.1, 0.15) is 27.7 Å². The molecule has 1 fully saturated rings. The molecule has 0 aliphatic carbocycles. The molecule has 1 aliphatic heterocycles. The number of hydrogen-bond acceptors (Lipinski definition) is 7. The van der Waals surface area contributed by atoms with E-state index in [0.717, 1.165) is 99.1 Å². The maximum atomic E-state index is 6.97. The number of nitrogens with zero attached hydrogens (tertiary/aromatic N) is 4. The second-order valence-electron chi connectivity index (χ2n) is 29.3. The molecule has 7 nitrogen and oxygen atoms in total. The Hall–Kier alpha value is -12.2. The summed E-state index contributed by atoms with van der Waals surface area (Å²) in [4.78, 5) is 9.30. The predicted molar refractivity (Wildman–Crippen MR) is 503 cm³/mol. The Morgan fingerprint density at radius 2 is 0.517 bits per heavy atom. The molecule has 12 heteroatoms. The molecule has 116 heavy (non-hydrogen) atoms. The van der Waals surface area contributed by atoms with Gasteiger partial charge < -0.3 is 34.2 Å².